The van der Waals surface area contributed by atoms with Crippen molar-refractivity contribution in [2.75, 3.05) is 0 Å². The van der Waals surface area contributed by atoms with E-state index in [1.54, 1.807) is 0 Å². The highest BCUT2D eigenvalue weighted by atomic mass is 16.7. The average molecular weight is 475 g/mol. The van der Waals surface area contributed by atoms with E-state index in [9.17, 15) is 44.4 Å². The quantitative estimate of drug-likeness (QED) is 0.208. The van der Waals surface area contributed by atoms with E-state index < -0.39 is 83.6 Å². The van der Waals surface area contributed by atoms with Gasteiger partial charge in [-0.05, 0) is 0 Å². The molecule has 1 rings (SSSR count). The van der Waals surface area contributed by atoms with Gasteiger partial charge in [0.2, 0.25) is 5.79 Å². The lowest BCUT2D eigenvalue weighted by molar-refractivity contribution is -0.355. The van der Waals surface area contributed by atoms with E-state index in [1.165, 1.54) is 34.6 Å². The summed E-state index contributed by atoms with van der Waals surface area (Å²) in [7, 11) is 0. The van der Waals surface area contributed by atoms with Crippen LogP contribution in [0.5, 0.6) is 0 Å². The molecule has 2 unspecified atom stereocenters. The van der Waals surface area contributed by atoms with Gasteiger partial charge in [-0.25, -0.2) is 0 Å². The van der Waals surface area contributed by atoms with Crippen molar-refractivity contribution in [3.05, 3.63) is 0 Å². The molecule has 1 saturated heterocycles. The van der Waals surface area contributed by atoms with Crippen LogP contribution in [-0.2, 0) is 33.5 Å². The Kier molecular flexibility index (Phi) is 9.55. The number of ketones is 4. The van der Waals surface area contributed by atoms with Crippen molar-refractivity contribution in [1.82, 2.24) is 5.48 Å². The van der Waals surface area contributed by atoms with Crippen LogP contribution in [0.1, 0.15) is 66.7 Å². The molecule has 0 saturated carbocycles. The fraction of sp³-hybridized carbons (Fsp3) is 0.762. The predicted octanol–water partition coefficient (Wildman–Crippen LogP) is -1.36. The third-order valence-electron chi connectivity index (χ3n) is 5.87. The summed E-state index contributed by atoms with van der Waals surface area (Å²) in [6.45, 7) is 6.62. The first-order valence-corrected chi connectivity index (χ1v) is 10.9. The van der Waals surface area contributed by atoms with Crippen molar-refractivity contribution >= 4 is 29.1 Å². The third kappa shape index (κ3) is 4.63. The van der Waals surface area contributed by atoms with E-state index in [4.69, 9.17) is 9.57 Å². The maximum absolute atomic E-state index is 13.1. The SMILES string of the molecule is CCC(=O)ON[C@@H]1C(O)(C(=O)CC)O[C@H](C(O)C(=O)CC)[C@](O)(C(=O)CC)[C@@]1(O)C(=O)CC. The Labute approximate surface area is 191 Å². The number of carbonyl (C=O) groups excluding carboxylic acids is 5. The first-order chi connectivity index (χ1) is 15.3. The Morgan fingerprint density at radius 2 is 1.30 bits per heavy atom. The zero-order valence-electron chi connectivity index (χ0n) is 19.4. The van der Waals surface area contributed by atoms with Crippen molar-refractivity contribution in [2.24, 2.45) is 0 Å². The van der Waals surface area contributed by atoms with Crippen molar-refractivity contribution < 1.29 is 54.0 Å². The highest BCUT2D eigenvalue weighted by Crippen LogP contribution is 2.46. The Balaban J connectivity index is 4.00. The van der Waals surface area contributed by atoms with Crippen LogP contribution in [0.25, 0.3) is 0 Å². The number of rotatable bonds is 12. The summed E-state index contributed by atoms with van der Waals surface area (Å²) in [6.07, 6.45) is -6.64. The monoisotopic (exact) mass is 475 g/mol. The van der Waals surface area contributed by atoms with E-state index in [-0.39, 0.29) is 12.8 Å². The summed E-state index contributed by atoms with van der Waals surface area (Å²) in [4.78, 5) is 67.5. The molecule has 12 nitrogen and oxygen atoms in total. The molecule has 1 fully saturated rings. The second kappa shape index (κ2) is 10.9. The van der Waals surface area contributed by atoms with Gasteiger partial charge in [-0.3, -0.25) is 24.0 Å². The zero-order valence-corrected chi connectivity index (χ0v) is 19.4. The molecule has 33 heavy (non-hydrogen) atoms. The molecule has 0 aromatic rings. The maximum atomic E-state index is 13.1. The van der Waals surface area contributed by atoms with E-state index in [2.05, 4.69) is 0 Å². The number of aliphatic hydroxyl groups is 4. The molecule has 0 aromatic heterocycles. The fourth-order valence-corrected chi connectivity index (χ4v) is 3.86. The lowest BCUT2D eigenvalue weighted by Crippen LogP contribution is -2.87. The predicted molar refractivity (Wildman–Crippen MR) is 110 cm³/mol. The standard InChI is InChI=1S/C21H33NO11/c1-6-11(23)16(28)17-19(29,12(24)7-2)20(30,13(25)8-3)18(22-33-15(27)10-5)21(31,32-17)14(26)9-4/h16-18,22,28-31H,6-10H2,1-5H3/t16?,17-,18+,19-,20-,21?/m1/s1. The minimum Gasteiger partial charge on any atom is -0.382 e. The van der Waals surface area contributed by atoms with Crippen LogP contribution in [0, 0.1) is 0 Å². The van der Waals surface area contributed by atoms with Gasteiger partial charge in [0.15, 0.2) is 34.3 Å². The summed E-state index contributed by atoms with van der Waals surface area (Å²) < 4.78 is 5.32. The molecule has 0 aromatic carbocycles. The fourth-order valence-electron chi connectivity index (χ4n) is 3.86. The molecule has 6 atom stereocenters. The largest absolute Gasteiger partial charge is 0.382 e. The number of ether oxygens (including phenoxy) is 1. The first-order valence-electron chi connectivity index (χ1n) is 10.9. The van der Waals surface area contributed by atoms with Crippen molar-refractivity contribution in [1.29, 1.82) is 0 Å². The smallest absolute Gasteiger partial charge is 0.324 e. The minimum absolute atomic E-state index is 0.189. The Bertz CT molecular complexity index is 799. The lowest BCUT2D eigenvalue weighted by Gasteiger charge is -2.57. The zero-order chi connectivity index (χ0) is 25.8. The summed E-state index contributed by atoms with van der Waals surface area (Å²) >= 11 is 0. The first kappa shape index (κ1) is 28.9. The van der Waals surface area contributed by atoms with E-state index in [0.29, 0.717) is 0 Å². The van der Waals surface area contributed by atoms with Crippen molar-refractivity contribution in [3.8, 4) is 0 Å². The molecule has 0 amide bonds. The second-order valence-electron chi connectivity index (χ2n) is 7.74. The number of aliphatic hydroxyl groups excluding tert-OH is 1. The molecule has 188 valence electrons. The molecule has 0 spiro atoms. The van der Waals surface area contributed by atoms with Crippen LogP contribution in [0.2, 0.25) is 0 Å². The maximum Gasteiger partial charge on any atom is 0.324 e. The van der Waals surface area contributed by atoms with Crippen LogP contribution >= 0.6 is 0 Å². The topological polar surface area (TPSA) is 197 Å². The molecule has 12 heteroatoms. The molecular weight excluding hydrogens is 442 g/mol. The molecule has 0 aliphatic carbocycles. The lowest BCUT2D eigenvalue weighted by atomic mass is 9.62. The Morgan fingerprint density at radius 3 is 1.73 bits per heavy atom. The van der Waals surface area contributed by atoms with Crippen LogP contribution in [0.4, 0.5) is 0 Å². The highest BCUT2D eigenvalue weighted by molar-refractivity contribution is 6.03. The number of hydrogen-bond acceptors (Lipinski definition) is 12. The van der Waals surface area contributed by atoms with Crippen molar-refractivity contribution in [2.45, 2.75) is 102 Å². The number of hydrogen-bond donors (Lipinski definition) is 5. The van der Waals surface area contributed by atoms with Gasteiger partial charge in [0.1, 0.15) is 18.2 Å². The third-order valence-corrected chi connectivity index (χ3v) is 5.87. The molecule has 0 radical (unpaired) electrons. The molecule has 1 heterocycles. The van der Waals surface area contributed by atoms with Crippen LogP contribution in [0.15, 0.2) is 0 Å². The number of Topliss-reactive ketones (excluding diaryl/α,β-unsaturated/α-hetero) is 4. The molecule has 5 N–H and O–H groups in total. The van der Waals surface area contributed by atoms with Gasteiger partial charge >= 0.3 is 5.97 Å². The molecule has 1 aliphatic heterocycles. The minimum atomic E-state index is -3.36. The van der Waals surface area contributed by atoms with E-state index in [0.717, 1.165) is 0 Å². The van der Waals surface area contributed by atoms with Gasteiger partial charge in [-0.1, -0.05) is 34.6 Å². The van der Waals surface area contributed by atoms with Crippen molar-refractivity contribution in [3.63, 3.8) is 0 Å². The summed E-state index contributed by atoms with van der Waals surface area (Å²) in [5.41, 5.74) is -4.74. The number of hydroxylamine groups is 1. The van der Waals surface area contributed by atoms with Gasteiger partial charge < -0.3 is 30.0 Å². The second-order valence-corrected chi connectivity index (χ2v) is 7.74. The van der Waals surface area contributed by atoms with Crippen LogP contribution in [-0.4, -0.2) is 84.8 Å². The van der Waals surface area contributed by atoms with Gasteiger partial charge in [0.25, 0.3) is 0 Å². The number of carbonyl (C=O) groups is 5. The van der Waals surface area contributed by atoms with Gasteiger partial charge in [-0.15, -0.1) is 5.48 Å². The molecule has 1 aliphatic rings. The normalized spacial score (nSPS) is 32.6. The summed E-state index contributed by atoms with van der Waals surface area (Å²) in [6, 6.07) is -2.39. The number of nitrogens with one attached hydrogen (secondary N) is 1. The Hall–Kier alpha value is -2.09. The van der Waals surface area contributed by atoms with Gasteiger partial charge in [0.05, 0.1) is 0 Å². The Morgan fingerprint density at radius 1 is 0.818 bits per heavy atom. The summed E-state index contributed by atoms with van der Waals surface area (Å²) in [5.74, 6) is -8.70. The average Bonchev–Trinajstić information content (AvgIpc) is 2.82. The van der Waals surface area contributed by atoms with E-state index in [1.807, 2.05) is 5.48 Å². The van der Waals surface area contributed by atoms with Gasteiger partial charge in [-0.2, -0.15) is 0 Å². The van der Waals surface area contributed by atoms with Crippen LogP contribution in [0.3, 0.4) is 0 Å². The van der Waals surface area contributed by atoms with Gasteiger partial charge in [0, 0.05) is 32.1 Å². The molecular formula is C21H33NO11. The highest BCUT2D eigenvalue weighted by Gasteiger charge is 2.77. The molecule has 0 bridgehead atoms. The van der Waals surface area contributed by atoms with Crippen LogP contribution < -0.4 is 5.48 Å². The summed E-state index contributed by atoms with van der Waals surface area (Å²) in [5, 5.41) is 45.1. The van der Waals surface area contributed by atoms with E-state index >= 15 is 0 Å².